The van der Waals surface area contributed by atoms with Crippen LogP contribution in [0.3, 0.4) is 0 Å². The van der Waals surface area contributed by atoms with Gasteiger partial charge in [0.05, 0.1) is 37.9 Å². The van der Waals surface area contributed by atoms with Crippen LogP contribution in [-0.4, -0.2) is 69.1 Å². The fraction of sp³-hybridized carbons (Fsp3) is 0.957. The van der Waals surface area contributed by atoms with Crippen LogP contribution in [0, 0.1) is 5.41 Å². The Kier molecular flexibility index (Phi) is 24.1. The van der Waals surface area contributed by atoms with E-state index in [-0.39, 0.29) is 6.10 Å². The van der Waals surface area contributed by atoms with Crippen LogP contribution in [0.5, 0.6) is 0 Å². The predicted molar refractivity (Wildman–Crippen MR) is 119 cm³/mol. The molecule has 0 saturated carbocycles. The van der Waals surface area contributed by atoms with Gasteiger partial charge in [-0.15, -0.1) is 0 Å². The van der Waals surface area contributed by atoms with Crippen molar-refractivity contribution in [3.8, 4) is 0 Å². The highest BCUT2D eigenvalue weighted by molar-refractivity contribution is 5.66. The van der Waals surface area contributed by atoms with Gasteiger partial charge in [-0.3, -0.25) is 4.79 Å². The van der Waals surface area contributed by atoms with Gasteiger partial charge in [0.25, 0.3) is 0 Å². The molecule has 0 bridgehead atoms. The number of carbonyl (C=O) groups is 1. The Labute approximate surface area is 183 Å². The number of carboxylic acids is 1. The maximum atomic E-state index is 10.3. The fourth-order valence-corrected chi connectivity index (χ4v) is 2.97. The first-order chi connectivity index (χ1) is 14.4. The zero-order valence-electron chi connectivity index (χ0n) is 19.1. The standard InChI is InChI=1S/C18H36O3.C5H12O4/c1-2-3-4-11-14-17(19)15-12-9-7-5-6-8-10-13-16-18(20)21;6-1-5(2-7,3-8)4-9/h17,19H,2-16H2,1H3,(H,20,21);6-9H,1-4H2. The molecule has 0 fully saturated rings. The van der Waals surface area contributed by atoms with Gasteiger partial charge in [0, 0.05) is 6.42 Å². The quantitative estimate of drug-likeness (QED) is 0.161. The van der Waals surface area contributed by atoms with Crippen molar-refractivity contribution < 1.29 is 35.4 Å². The zero-order valence-corrected chi connectivity index (χ0v) is 19.1. The van der Waals surface area contributed by atoms with Gasteiger partial charge in [0.1, 0.15) is 0 Å². The summed E-state index contributed by atoms with van der Waals surface area (Å²) in [5.74, 6) is -0.678. The molecule has 1 atom stereocenters. The molecule has 0 heterocycles. The molecule has 7 nitrogen and oxygen atoms in total. The van der Waals surface area contributed by atoms with E-state index in [0.717, 1.165) is 38.5 Å². The van der Waals surface area contributed by atoms with E-state index in [4.69, 9.17) is 25.5 Å². The Hall–Kier alpha value is -0.730. The van der Waals surface area contributed by atoms with Crippen LogP contribution in [0.1, 0.15) is 103 Å². The second kappa shape index (κ2) is 22.9. The molecule has 6 N–H and O–H groups in total. The molecule has 0 amide bonds. The van der Waals surface area contributed by atoms with Crippen molar-refractivity contribution in [2.24, 2.45) is 5.41 Å². The zero-order chi connectivity index (χ0) is 23.1. The van der Waals surface area contributed by atoms with Crippen LogP contribution in [-0.2, 0) is 4.79 Å². The van der Waals surface area contributed by atoms with Crippen molar-refractivity contribution in [1.82, 2.24) is 0 Å². The molecular formula is C23H48O7. The second-order valence-corrected chi connectivity index (χ2v) is 8.40. The molecule has 0 aliphatic heterocycles. The molecule has 0 aliphatic carbocycles. The number of unbranched alkanes of at least 4 members (excludes halogenated alkanes) is 10. The number of aliphatic carboxylic acids is 1. The van der Waals surface area contributed by atoms with Crippen LogP contribution in [0.25, 0.3) is 0 Å². The summed E-state index contributed by atoms with van der Waals surface area (Å²) in [7, 11) is 0. The molecule has 7 heteroatoms. The second-order valence-electron chi connectivity index (χ2n) is 8.40. The molecule has 0 saturated heterocycles. The summed E-state index contributed by atoms with van der Waals surface area (Å²) in [6.07, 6.45) is 16.3. The first-order valence-electron chi connectivity index (χ1n) is 11.7. The first-order valence-corrected chi connectivity index (χ1v) is 11.7. The summed E-state index contributed by atoms with van der Waals surface area (Å²) in [5, 5.41) is 52.3. The third-order valence-corrected chi connectivity index (χ3v) is 5.41. The third kappa shape index (κ3) is 20.5. The lowest BCUT2D eigenvalue weighted by atomic mass is 9.93. The van der Waals surface area contributed by atoms with E-state index in [2.05, 4.69) is 6.92 Å². The molecule has 182 valence electrons. The minimum atomic E-state index is -1.11. The normalized spacial score (nSPS) is 12.3. The Balaban J connectivity index is 0. The molecule has 30 heavy (non-hydrogen) atoms. The summed E-state index contributed by atoms with van der Waals surface area (Å²) in [6.45, 7) is 0.586. The summed E-state index contributed by atoms with van der Waals surface area (Å²) < 4.78 is 0. The maximum absolute atomic E-state index is 10.3. The maximum Gasteiger partial charge on any atom is 0.303 e. The van der Waals surface area contributed by atoms with Crippen LogP contribution in [0.4, 0.5) is 0 Å². The van der Waals surface area contributed by atoms with E-state index in [0.29, 0.717) is 6.42 Å². The van der Waals surface area contributed by atoms with E-state index in [1.165, 1.54) is 51.4 Å². The number of rotatable bonds is 20. The van der Waals surface area contributed by atoms with Gasteiger partial charge in [-0.2, -0.15) is 0 Å². The lowest BCUT2D eigenvalue weighted by Crippen LogP contribution is -2.37. The van der Waals surface area contributed by atoms with Crippen molar-refractivity contribution in [2.75, 3.05) is 26.4 Å². The predicted octanol–water partition coefficient (Wildman–Crippen LogP) is 3.25. The van der Waals surface area contributed by atoms with E-state index in [1.807, 2.05) is 0 Å². The van der Waals surface area contributed by atoms with Gasteiger partial charge in [0.2, 0.25) is 0 Å². The molecule has 0 radical (unpaired) electrons. The minimum Gasteiger partial charge on any atom is -0.481 e. The lowest BCUT2D eigenvalue weighted by molar-refractivity contribution is -0.137. The highest BCUT2D eigenvalue weighted by Crippen LogP contribution is 2.14. The monoisotopic (exact) mass is 436 g/mol. The van der Waals surface area contributed by atoms with E-state index < -0.39 is 37.8 Å². The number of hydrogen-bond donors (Lipinski definition) is 6. The summed E-state index contributed by atoms with van der Waals surface area (Å²) in [6, 6.07) is 0. The molecule has 0 aromatic carbocycles. The smallest absolute Gasteiger partial charge is 0.303 e. The summed E-state index contributed by atoms with van der Waals surface area (Å²) in [4.78, 5) is 10.3. The SMILES string of the molecule is CCCCCCC(O)CCCCCCCCCCC(=O)O.OCC(CO)(CO)CO. The lowest BCUT2D eigenvalue weighted by Gasteiger charge is -2.23. The van der Waals surface area contributed by atoms with Gasteiger partial charge in [-0.25, -0.2) is 0 Å². The van der Waals surface area contributed by atoms with E-state index in [9.17, 15) is 9.90 Å². The topological polar surface area (TPSA) is 138 Å². The summed E-state index contributed by atoms with van der Waals surface area (Å²) >= 11 is 0. The highest BCUT2D eigenvalue weighted by Gasteiger charge is 2.26. The number of aliphatic hydroxyl groups is 5. The van der Waals surface area contributed by atoms with Gasteiger partial charge >= 0.3 is 5.97 Å². The Morgan fingerprint density at radius 3 is 1.37 bits per heavy atom. The van der Waals surface area contributed by atoms with Gasteiger partial charge in [0.15, 0.2) is 0 Å². The third-order valence-electron chi connectivity index (χ3n) is 5.41. The largest absolute Gasteiger partial charge is 0.481 e. The van der Waals surface area contributed by atoms with Crippen LogP contribution in [0.15, 0.2) is 0 Å². The Morgan fingerprint density at radius 1 is 0.667 bits per heavy atom. The summed E-state index contributed by atoms with van der Waals surface area (Å²) in [5.41, 5.74) is -1.11. The fourth-order valence-electron chi connectivity index (χ4n) is 2.97. The van der Waals surface area contributed by atoms with Crippen LogP contribution >= 0.6 is 0 Å². The molecule has 1 unspecified atom stereocenters. The highest BCUT2D eigenvalue weighted by atomic mass is 16.4. The first kappa shape index (κ1) is 31.5. The van der Waals surface area contributed by atoms with Crippen molar-refractivity contribution in [1.29, 1.82) is 0 Å². The number of aliphatic hydroxyl groups excluding tert-OH is 5. The van der Waals surface area contributed by atoms with Crippen LogP contribution < -0.4 is 0 Å². The van der Waals surface area contributed by atoms with Gasteiger partial charge in [-0.1, -0.05) is 77.6 Å². The van der Waals surface area contributed by atoms with Crippen molar-refractivity contribution in [3.63, 3.8) is 0 Å². The van der Waals surface area contributed by atoms with Crippen molar-refractivity contribution in [2.45, 2.75) is 109 Å². The molecule has 0 spiro atoms. The Morgan fingerprint density at radius 2 is 1.03 bits per heavy atom. The van der Waals surface area contributed by atoms with Crippen LogP contribution in [0.2, 0.25) is 0 Å². The van der Waals surface area contributed by atoms with Gasteiger partial charge in [-0.05, 0) is 19.3 Å². The van der Waals surface area contributed by atoms with E-state index >= 15 is 0 Å². The molecule has 0 aromatic rings. The number of carboxylic acid groups (broad SMARTS) is 1. The minimum absolute atomic E-state index is 0.0853. The average Bonchev–Trinajstić information content (AvgIpc) is 2.75. The van der Waals surface area contributed by atoms with Crippen molar-refractivity contribution >= 4 is 5.97 Å². The molecular weight excluding hydrogens is 388 g/mol. The van der Waals surface area contributed by atoms with Gasteiger partial charge < -0.3 is 30.6 Å². The molecule has 0 aliphatic rings. The molecule has 0 aromatic heterocycles. The number of hydrogen-bond acceptors (Lipinski definition) is 6. The van der Waals surface area contributed by atoms with Crippen molar-refractivity contribution in [3.05, 3.63) is 0 Å². The molecule has 0 rings (SSSR count). The average molecular weight is 437 g/mol. The Bertz CT molecular complexity index is 342. The van der Waals surface area contributed by atoms with E-state index in [1.54, 1.807) is 0 Å².